The van der Waals surface area contributed by atoms with Crippen LogP contribution in [0.3, 0.4) is 0 Å². The van der Waals surface area contributed by atoms with E-state index >= 15 is 0 Å². The highest BCUT2D eigenvalue weighted by atomic mass is 32.2. The van der Waals surface area contributed by atoms with Gasteiger partial charge in [-0.1, -0.05) is 0 Å². The van der Waals surface area contributed by atoms with E-state index in [2.05, 4.69) is 0 Å². The lowest BCUT2D eigenvalue weighted by Gasteiger charge is -2.34. The second-order valence-electron chi connectivity index (χ2n) is 6.93. The smallest absolute Gasteiger partial charge is 0.254 e. The van der Waals surface area contributed by atoms with Crippen molar-refractivity contribution in [3.8, 4) is 0 Å². The van der Waals surface area contributed by atoms with Crippen molar-refractivity contribution in [3.63, 3.8) is 0 Å². The second kappa shape index (κ2) is 6.78. The Kier molecular flexibility index (Phi) is 4.86. The molecule has 7 heteroatoms. The lowest BCUT2D eigenvalue weighted by molar-refractivity contribution is -0.130. The molecule has 25 heavy (non-hydrogen) atoms. The highest BCUT2D eigenvalue weighted by molar-refractivity contribution is 7.90. The number of benzene rings is 1. The molecule has 1 aromatic carbocycles. The van der Waals surface area contributed by atoms with E-state index in [4.69, 9.17) is 0 Å². The third-order valence-corrected chi connectivity index (χ3v) is 6.37. The predicted molar refractivity (Wildman–Crippen MR) is 94.0 cm³/mol. The van der Waals surface area contributed by atoms with Gasteiger partial charge in [0.05, 0.1) is 17.0 Å². The number of carbonyl (C=O) groups excluding carboxylic acids is 2. The molecule has 6 nitrogen and oxygen atoms in total. The lowest BCUT2D eigenvalue weighted by Crippen LogP contribution is -2.49. The van der Waals surface area contributed by atoms with Gasteiger partial charge in [-0.3, -0.25) is 9.59 Å². The highest BCUT2D eigenvalue weighted by Crippen LogP contribution is 2.31. The minimum atomic E-state index is -3.27. The molecule has 0 N–H and O–H groups in total. The first-order valence-electron chi connectivity index (χ1n) is 8.67. The van der Waals surface area contributed by atoms with Crippen LogP contribution in [0.1, 0.15) is 43.0 Å². The van der Waals surface area contributed by atoms with Gasteiger partial charge in [-0.05, 0) is 49.9 Å². The van der Waals surface area contributed by atoms with Crippen LogP contribution in [-0.2, 0) is 14.6 Å². The number of hydrogen-bond acceptors (Lipinski definition) is 4. The van der Waals surface area contributed by atoms with E-state index in [1.807, 2.05) is 9.80 Å². The van der Waals surface area contributed by atoms with E-state index in [0.717, 1.165) is 38.5 Å². The Labute approximate surface area is 148 Å². The standard InChI is InChI=1S/C18H24N2O4S/c1-13(21)19-11-3-5-16(19)17-6-4-12-20(17)18(22)14-7-9-15(10-8-14)25(2,23)24/h7-10,16-17H,3-6,11-12H2,1-2H3/t16-,17-/m0/s1. The monoisotopic (exact) mass is 364 g/mol. The molecule has 2 amide bonds. The molecule has 136 valence electrons. The molecule has 2 heterocycles. The maximum absolute atomic E-state index is 12.9. The molecule has 2 atom stereocenters. The van der Waals surface area contributed by atoms with Crippen molar-refractivity contribution in [3.05, 3.63) is 29.8 Å². The summed E-state index contributed by atoms with van der Waals surface area (Å²) in [6.07, 6.45) is 4.89. The summed E-state index contributed by atoms with van der Waals surface area (Å²) in [5.74, 6) is -0.0164. The van der Waals surface area contributed by atoms with Gasteiger partial charge in [0.15, 0.2) is 9.84 Å². The van der Waals surface area contributed by atoms with Crippen molar-refractivity contribution in [1.82, 2.24) is 9.80 Å². The Balaban J connectivity index is 1.80. The minimum absolute atomic E-state index is 0.0495. The fourth-order valence-electron chi connectivity index (χ4n) is 4.04. The summed E-state index contributed by atoms with van der Waals surface area (Å²) in [6, 6.07) is 6.25. The van der Waals surface area contributed by atoms with Crippen LogP contribution < -0.4 is 0 Å². The molecule has 0 unspecified atom stereocenters. The van der Waals surface area contributed by atoms with Gasteiger partial charge in [0.1, 0.15) is 0 Å². The summed E-state index contributed by atoms with van der Waals surface area (Å²) >= 11 is 0. The quantitative estimate of drug-likeness (QED) is 0.818. The van der Waals surface area contributed by atoms with Gasteiger partial charge in [-0.15, -0.1) is 0 Å². The summed E-state index contributed by atoms with van der Waals surface area (Å²) in [4.78, 5) is 28.7. The number of amides is 2. The predicted octanol–water partition coefficient (Wildman–Crippen LogP) is 1.71. The molecule has 3 rings (SSSR count). The Hall–Kier alpha value is -1.89. The molecular formula is C18H24N2O4S. The first-order chi connectivity index (χ1) is 11.8. The molecule has 2 saturated heterocycles. The number of hydrogen-bond donors (Lipinski definition) is 0. The molecule has 1 aromatic rings. The van der Waals surface area contributed by atoms with Gasteiger partial charge < -0.3 is 9.80 Å². The summed E-state index contributed by atoms with van der Waals surface area (Å²) in [6.45, 7) is 3.03. The Morgan fingerprint density at radius 3 is 2.00 bits per heavy atom. The molecule has 0 bridgehead atoms. The van der Waals surface area contributed by atoms with Crippen LogP contribution in [0.4, 0.5) is 0 Å². The van der Waals surface area contributed by atoms with Gasteiger partial charge in [0, 0.05) is 31.8 Å². The normalized spacial score (nSPS) is 23.9. The Morgan fingerprint density at radius 2 is 1.48 bits per heavy atom. The highest BCUT2D eigenvalue weighted by Gasteiger charge is 2.40. The number of sulfone groups is 1. The first kappa shape index (κ1) is 17.9. The summed E-state index contributed by atoms with van der Waals surface area (Å²) in [5, 5.41) is 0. The van der Waals surface area contributed by atoms with Gasteiger partial charge in [0.25, 0.3) is 5.91 Å². The van der Waals surface area contributed by atoms with E-state index in [1.165, 1.54) is 12.1 Å². The van der Waals surface area contributed by atoms with Crippen LogP contribution in [0, 0.1) is 0 Å². The molecule has 2 aliphatic heterocycles. The van der Waals surface area contributed by atoms with Crippen LogP contribution in [0.25, 0.3) is 0 Å². The molecule has 2 aliphatic rings. The average molecular weight is 364 g/mol. The molecular weight excluding hydrogens is 340 g/mol. The van der Waals surface area contributed by atoms with Crippen molar-refractivity contribution in [2.45, 2.75) is 49.6 Å². The van der Waals surface area contributed by atoms with E-state index in [0.29, 0.717) is 12.1 Å². The Morgan fingerprint density at radius 1 is 0.960 bits per heavy atom. The van der Waals surface area contributed by atoms with E-state index < -0.39 is 9.84 Å². The number of carbonyl (C=O) groups is 2. The number of rotatable bonds is 3. The van der Waals surface area contributed by atoms with Crippen molar-refractivity contribution in [1.29, 1.82) is 0 Å². The summed E-state index contributed by atoms with van der Waals surface area (Å²) < 4.78 is 23.1. The van der Waals surface area contributed by atoms with Crippen molar-refractivity contribution in [2.24, 2.45) is 0 Å². The maximum atomic E-state index is 12.9. The molecule has 2 fully saturated rings. The number of nitrogens with zero attached hydrogens (tertiary/aromatic N) is 2. The minimum Gasteiger partial charge on any atom is -0.338 e. The zero-order valence-electron chi connectivity index (χ0n) is 14.6. The van der Waals surface area contributed by atoms with Crippen LogP contribution in [0.2, 0.25) is 0 Å². The van der Waals surface area contributed by atoms with Crippen LogP contribution >= 0.6 is 0 Å². The van der Waals surface area contributed by atoms with Gasteiger partial charge in [-0.2, -0.15) is 0 Å². The first-order valence-corrected chi connectivity index (χ1v) is 10.6. The lowest BCUT2D eigenvalue weighted by atomic mass is 10.0. The molecule has 0 saturated carbocycles. The third-order valence-electron chi connectivity index (χ3n) is 5.24. The largest absolute Gasteiger partial charge is 0.338 e. The fraction of sp³-hybridized carbons (Fsp3) is 0.556. The SMILES string of the molecule is CC(=O)N1CCC[C@H]1[C@@H]1CCCN1C(=O)c1ccc(S(C)(=O)=O)cc1. The second-order valence-corrected chi connectivity index (χ2v) is 8.94. The van der Waals surface area contributed by atoms with Gasteiger partial charge >= 0.3 is 0 Å². The summed E-state index contributed by atoms with van der Waals surface area (Å²) in [7, 11) is -3.27. The zero-order valence-corrected chi connectivity index (χ0v) is 15.5. The fourth-order valence-corrected chi connectivity index (χ4v) is 4.67. The van der Waals surface area contributed by atoms with Crippen LogP contribution in [0.15, 0.2) is 29.2 Å². The molecule has 0 aliphatic carbocycles. The number of likely N-dealkylation sites (tertiary alicyclic amines) is 2. The van der Waals surface area contributed by atoms with Gasteiger partial charge in [0.2, 0.25) is 5.91 Å². The molecule has 0 radical (unpaired) electrons. The van der Waals surface area contributed by atoms with E-state index in [-0.39, 0.29) is 28.8 Å². The topological polar surface area (TPSA) is 74.8 Å². The zero-order chi connectivity index (χ0) is 18.2. The van der Waals surface area contributed by atoms with Crippen molar-refractivity contribution in [2.75, 3.05) is 19.3 Å². The average Bonchev–Trinajstić information content (AvgIpc) is 3.21. The van der Waals surface area contributed by atoms with E-state index in [9.17, 15) is 18.0 Å². The summed E-state index contributed by atoms with van der Waals surface area (Å²) in [5.41, 5.74) is 0.492. The molecule has 0 aromatic heterocycles. The van der Waals surface area contributed by atoms with Gasteiger partial charge in [-0.25, -0.2) is 8.42 Å². The molecule has 0 spiro atoms. The van der Waals surface area contributed by atoms with E-state index in [1.54, 1.807) is 19.1 Å². The Bertz CT molecular complexity index is 773. The van der Waals surface area contributed by atoms with Crippen LogP contribution in [-0.4, -0.2) is 61.5 Å². The van der Waals surface area contributed by atoms with Crippen LogP contribution in [0.5, 0.6) is 0 Å². The third kappa shape index (κ3) is 3.56. The van der Waals surface area contributed by atoms with Crippen molar-refractivity contribution < 1.29 is 18.0 Å². The van der Waals surface area contributed by atoms with Crippen molar-refractivity contribution >= 4 is 21.7 Å². The maximum Gasteiger partial charge on any atom is 0.254 e.